The lowest BCUT2D eigenvalue weighted by atomic mass is 10.0. The van der Waals surface area contributed by atoms with E-state index in [9.17, 15) is 18.3 Å². The number of alkyl halides is 3. The summed E-state index contributed by atoms with van der Waals surface area (Å²) in [7, 11) is 0. The molecular formula is C16H22F3NO3. The Morgan fingerprint density at radius 2 is 2.00 bits per heavy atom. The molecule has 1 aliphatic rings. The van der Waals surface area contributed by atoms with Gasteiger partial charge in [0, 0.05) is 18.5 Å². The number of hydrogen-bond acceptors (Lipinski definition) is 4. The van der Waals surface area contributed by atoms with E-state index in [0.717, 1.165) is 12.1 Å². The molecule has 1 aliphatic heterocycles. The third-order valence-electron chi connectivity index (χ3n) is 3.70. The molecule has 2 N–H and O–H groups in total. The van der Waals surface area contributed by atoms with Crippen molar-refractivity contribution in [3.8, 4) is 0 Å². The average molecular weight is 333 g/mol. The molecule has 0 bridgehead atoms. The lowest BCUT2D eigenvalue weighted by Gasteiger charge is -2.24. The van der Waals surface area contributed by atoms with E-state index in [4.69, 9.17) is 9.47 Å². The van der Waals surface area contributed by atoms with Gasteiger partial charge < -0.3 is 19.9 Å². The number of halogens is 3. The Labute approximate surface area is 133 Å². The van der Waals surface area contributed by atoms with Gasteiger partial charge in [0.15, 0.2) is 6.29 Å². The molecule has 7 heteroatoms. The largest absolute Gasteiger partial charge is 0.416 e. The number of aliphatic hydroxyl groups is 1. The van der Waals surface area contributed by atoms with E-state index < -0.39 is 11.7 Å². The number of aliphatic hydroxyl groups excluding tert-OH is 1. The molecule has 1 heterocycles. The Morgan fingerprint density at radius 1 is 1.30 bits per heavy atom. The minimum atomic E-state index is -4.34. The Hall–Kier alpha value is -1.15. The molecule has 0 aromatic heterocycles. The fourth-order valence-electron chi connectivity index (χ4n) is 2.66. The highest BCUT2D eigenvalue weighted by Gasteiger charge is 2.30. The van der Waals surface area contributed by atoms with Crippen molar-refractivity contribution in [2.24, 2.45) is 0 Å². The highest BCUT2D eigenvalue weighted by Crippen LogP contribution is 2.29. The van der Waals surface area contributed by atoms with E-state index in [1.54, 1.807) is 6.07 Å². The van der Waals surface area contributed by atoms with Crippen molar-refractivity contribution in [1.29, 1.82) is 0 Å². The second-order valence-electron chi connectivity index (χ2n) is 5.76. The Morgan fingerprint density at radius 3 is 2.61 bits per heavy atom. The van der Waals surface area contributed by atoms with E-state index in [2.05, 4.69) is 5.32 Å². The molecule has 1 fully saturated rings. The van der Waals surface area contributed by atoms with Crippen LogP contribution in [0.3, 0.4) is 0 Å². The maximum Gasteiger partial charge on any atom is 0.416 e. The first-order valence-corrected chi connectivity index (χ1v) is 7.64. The summed E-state index contributed by atoms with van der Waals surface area (Å²) in [5.41, 5.74) is -0.0430. The van der Waals surface area contributed by atoms with Crippen LogP contribution in [0.1, 0.15) is 24.5 Å². The Balaban J connectivity index is 1.88. The first-order valence-electron chi connectivity index (χ1n) is 7.64. The topological polar surface area (TPSA) is 50.7 Å². The average Bonchev–Trinajstić information content (AvgIpc) is 2.99. The summed E-state index contributed by atoms with van der Waals surface area (Å²) in [4.78, 5) is 0. The predicted molar refractivity (Wildman–Crippen MR) is 78.9 cm³/mol. The highest BCUT2D eigenvalue weighted by atomic mass is 19.4. The summed E-state index contributed by atoms with van der Waals surface area (Å²) in [5, 5.41) is 12.6. The number of nitrogens with one attached hydrogen (secondary N) is 1. The molecular weight excluding hydrogens is 311 g/mol. The summed E-state index contributed by atoms with van der Waals surface area (Å²) >= 11 is 0. The van der Waals surface area contributed by atoms with Crippen LogP contribution in [-0.4, -0.2) is 43.3 Å². The van der Waals surface area contributed by atoms with E-state index in [-0.39, 0.29) is 25.0 Å². The molecule has 2 unspecified atom stereocenters. The third-order valence-corrected chi connectivity index (χ3v) is 3.70. The zero-order chi connectivity index (χ0) is 16.9. The van der Waals surface area contributed by atoms with Crippen LogP contribution in [-0.2, 0) is 22.1 Å². The third kappa shape index (κ3) is 5.76. The summed E-state index contributed by atoms with van der Waals surface area (Å²) < 4.78 is 48.8. The lowest BCUT2D eigenvalue weighted by Crippen LogP contribution is -2.42. The van der Waals surface area contributed by atoms with Crippen molar-refractivity contribution >= 4 is 0 Å². The van der Waals surface area contributed by atoms with Gasteiger partial charge >= 0.3 is 6.18 Å². The fraction of sp³-hybridized carbons (Fsp3) is 0.625. The van der Waals surface area contributed by atoms with Crippen molar-refractivity contribution < 1.29 is 27.8 Å². The number of ether oxygens (including phenoxy) is 2. The van der Waals surface area contributed by atoms with Gasteiger partial charge in [-0.1, -0.05) is 18.2 Å². The van der Waals surface area contributed by atoms with E-state index >= 15 is 0 Å². The molecule has 2 rings (SSSR count). The quantitative estimate of drug-likeness (QED) is 0.804. The van der Waals surface area contributed by atoms with Crippen molar-refractivity contribution in [3.63, 3.8) is 0 Å². The van der Waals surface area contributed by atoms with Crippen molar-refractivity contribution in [1.82, 2.24) is 5.32 Å². The standard InChI is InChI=1S/C16H22F3NO3/c1-11(20-14(10-21)9-15-22-5-6-23-15)7-12-3-2-4-13(8-12)16(17,18)19/h2-4,8,11,14-15,20-21H,5-7,9-10H2,1H3. The SMILES string of the molecule is CC(Cc1cccc(C(F)(F)F)c1)NC(CO)CC1OCCO1. The molecule has 1 aromatic carbocycles. The van der Waals surface area contributed by atoms with Crippen LogP contribution in [0.2, 0.25) is 0 Å². The molecule has 130 valence electrons. The molecule has 0 spiro atoms. The molecule has 1 aromatic rings. The van der Waals surface area contributed by atoms with Gasteiger partial charge in [-0.15, -0.1) is 0 Å². The van der Waals surface area contributed by atoms with E-state index in [1.165, 1.54) is 6.07 Å². The van der Waals surface area contributed by atoms with Crippen LogP contribution in [0.15, 0.2) is 24.3 Å². The van der Waals surface area contributed by atoms with Crippen LogP contribution in [0.4, 0.5) is 13.2 Å². The second kappa shape index (κ2) is 8.10. The first-order chi connectivity index (χ1) is 10.9. The van der Waals surface area contributed by atoms with Crippen LogP contribution in [0, 0.1) is 0 Å². The molecule has 0 saturated carbocycles. The molecule has 0 radical (unpaired) electrons. The fourth-order valence-corrected chi connectivity index (χ4v) is 2.66. The Kier molecular flexibility index (Phi) is 6.41. The summed E-state index contributed by atoms with van der Waals surface area (Å²) in [6.45, 7) is 2.88. The van der Waals surface area contributed by atoms with Crippen LogP contribution in [0.5, 0.6) is 0 Å². The van der Waals surface area contributed by atoms with Crippen molar-refractivity contribution in [3.05, 3.63) is 35.4 Å². The van der Waals surface area contributed by atoms with Gasteiger partial charge in [-0.3, -0.25) is 0 Å². The second-order valence-corrected chi connectivity index (χ2v) is 5.76. The lowest BCUT2D eigenvalue weighted by molar-refractivity contribution is -0.137. The monoisotopic (exact) mass is 333 g/mol. The minimum Gasteiger partial charge on any atom is -0.395 e. The van der Waals surface area contributed by atoms with Gasteiger partial charge in [-0.2, -0.15) is 13.2 Å². The normalized spacial score (nSPS) is 19.0. The zero-order valence-electron chi connectivity index (χ0n) is 13.0. The van der Waals surface area contributed by atoms with Crippen LogP contribution in [0.25, 0.3) is 0 Å². The predicted octanol–water partition coefficient (Wildman–Crippen LogP) is 2.35. The van der Waals surface area contributed by atoms with Crippen molar-refractivity contribution in [2.45, 2.75) is 44.3 Å². The van der Waals surface area contributed by atoms with Crippen molar-refractivity contribution in [2.75, 3.05) is 19.8 Å². The summed E-state index contributed by atoms with van der Waals surface area (Å²) in [6.07, 6.45) is -3.73. The molecule has 4 nitrogen and oxygen atoms in total. The first kappa shape index (κ1) is 18.2. The summed E-state index contributed by atoms with van der Waals surface area (Å²) in [5.74, 6) is 0. The number of benzene rings is 1. The maximum atomic E-state index is 12.7. The molecule has 23 heavy (non-hydrogen) atoms. The van der Waals surface area contributed by atoms with Gasteiger partial charge in [-0.05, 0) is 25.0 Å². The van der Waals surface area contributed by atoms with E-state index in [0.29, 0.717) is 31.6 Å². The maximum absolute atomic E-state index is 12.7. The number of hydrogen-bond donors (Lipinski definition) is 2. The molecule has 0 amide bonds. The smallest absolute Gasteiger partial charge is 0.395 e. The van der Waals surface area contributed by atoms with Crippen LogP contribution < -0.4 is 5.32 Å². The van der Waals surface area contributed by atoms with E-state index in [1.807, 2.05) is 6.92 Å². The molecule has 1 saturated heterocycles. The summed E-state index contributed by atoms with van der Waals surface area (Å²) in [6, 6.07) is 5.00. The Bertz CT molecular complexity index is 490. The molecule has 2 atom stereocenters. The van der Waals surface area contributed by atoms with Gasteiger partial charge in [0.25, 0.3) is 0 Å². The van der Waals surface area contributed by atoms with Crippen LogP contribution >= 0.6 is 0 Å². The number of rotatable bonds is 7. The highest BCUT2D eigenvalue weighted by molar-refractivity contribution is 5.26. The van der Waals surface area contributed by atoms with Gasteiger partial charge in [0.2, 0.25) is 0 Å². The van der Waals surface area contributed by atoms with Gasteiger partial charge in [-0.25, -0.2) is 0 Å². The zero-order valence-corrected chi connectivity index (χ0v) is 13.0. The minimum absolute atomic E-state index is 0.0861. The molecule has 0 aliphatic carbocycles. The van der Waals surface area contributed by atoms with Gasteiger partial charge in [0.1, 0.15) is 0 Å². The van der Waals surface area contributed by atoms with Gasteiger partial charge in [0.05, 0.1) is 25.4 Å².